The summed E-state index contributed by atoms with van der Waals surface area (Å²) in [5.41, 5.74) is 1.52. The van der Waals surface area contributed by atoms with Crippen LogP contribution in [0.3, 0.4) is 0 Å². The highest BCUT2D eigenvalue weighted by Gasteiger charge is 2.06. The number of unbranched alkanes of at least 4 members (excludes halogenated alkanes) is 1. The van der Waals surface area contributed by atoms with Gasteiger partial charge in [-0.05, 0) is 25.0 Å². The summed E-state index contributed by atoms with van der Waals surface area (Å²) in [6.45, 7) is 4.27. The van der Waals surface area contributed by atoms with E-state index >= 15 is 0 Å². The van der Waals surface area contributed by atoms with Crippen LogP contribution in [0, 0.1) is 0 Å². The molecule has 1 aromatic carbocycles. The molecule has 0 bridgehead atoms. The first kappa shape index (κ1) is 14.5. The average molecular weight is 275 g/mol. The van der Waals surface area contributed by atoms with Crippen LogP contribution in [0.25, 0.3) is 10.9 Å². The molecule has 0 saturated carbocycles. The number of rotatable bonds is 8. The number of benzene rings is 1. The molecule has 0 spiro atoms. The zero-order valence-electron chi connectivity index (χ0n) is 11.8. The standard InChI is InChI=1S/C15H21N3O2/c1-2-3-8-20-9-4-7-16-15(19)12-5-6-13-11-17-18-14(13)10-12/h5-6,10-11H,2-4,7-9H2,1H3,(H,16,19)(H,17,18). The second-order valence-electron chi connectivity index (χ2n) is 4.75. The number of carbonyl (C=O) groups excluding carboxylic acids is 1. The Bertz CT molecular complexity index is 551. The molecule has 2 rings (SSSR count). The molecule has 20 heavy (non-hydrogen) atoms. The molecule has 2 N–H and O–H groups in total. The van der Waals surface area contributed by atoms with Crippen molar-refractivity contribution in [1.82, 2.24) is 15.5 Å². The SMILES string of the molecule is CCCCOCCCNC(=O)c1ccc2cn[nH]c2c1. The molecule has 0 aliphatic rings. The maximum atomic E-state index is 12.0. The molecule has 1 amide bonds. The van der Waals surface area contributed by atoms with Crippen LogP contribution in [-0.4, -0.2) is 35.9 Å². The molecular weight excluding hydrogens is 254 g/mol. The number of hydrogen-bond donors (Lipinski definition) is 2. The summed E-state index contributed by atoms with van der Waals surface area (Å²) >= 11 is 0. The summed E-state index contributed by atoms with van der Waals surface area (Å²) in [4.78, 5) is 12.0. The minimum atomic E-state index is -0.0601. The van der Waals surface area contributed by atoms with E-state index < -0.39 is 0 Å². The number of hydrogen-bond acceptors (Lipinski definition) is 3. The monoisotopic (exact) mass is 275 g/mol. The molecular formula is C15H21N3O2. The van der Waals surface area contributed by atoms with Crippen LogP contribution in [-0.2, 0) is 4.74 Å². The Morgan fingerprint density at radius 2 is 2.20 bits per heavy atom. The van der Waals surface area contributed by atoms with Crippen LogP contribution in [0.1, 0.15) is 36.5 Å². The molecule has 0 radical (unpaired) electrons. The third-order valence-electron chi connectivity index (χ3n) is 3.10. The minimum absolute atomic E-state index is 0.0601. The summed E-state index contributed by atoms with van der Waals surface area (Å²) in [6, 6.07) is 5.52. The number of fused-ring (bicyclic) bond motifs is 1. The van der Waals surface area contributed by atoms with Crippen molar-refractivity contribution in [2.75, 3.05) is 19.8 Å². The summed E-state index contributed by atoms with van der Waals surface area (Å²) in [5.74, 6) is -0.0601. The number of nitrogens with zero attached hydrogens (tertiary/aromatic N) is 1. The van der Waals surface area contributed by atoms with Crippen molar-refractivity contribution in [2.45, 2.75) is 26.2 Å². The smallest absolute Gasteiger partial charge is 0.251 e. The predicted octanol–water partition coefficient (Wildman–Crippen LogP) is 2.50. The Hall–Kier alpha value is -1.88. The molecule has 1 aromatic heterocycles. The van der Waals surface area contributed by atoms with E-state index in [9.17, 15) is 4.79 Å². The lowest BCUT2D eigenvalue weighted by Gasteiger charge is -2.06. The molecule has 0 atom stereocenters. The highest BCUT2D eigenvalue weighted by Crippen LogP contribution is 2.12. The Balaban J connectivity index is 1.71. The van der Waals surface area contributed by atoms with Gasteiger partial charge in [0, 0.05) is 30.7 Å². The van der Waals surface area contributed by atoms with Gasteiger partial charge in [-0.3, -0.25) is 9.89 Å². The fourth-order valence-electron chi connectivity index (χ4n) is 1.90. The lowest BCUT2D eigenvalue weighted by molar-refractivity contribution is 0.0940. The van der Waals surface area contributed by atoms with Crippen molar-refractivity contribution < 1.29 is 9.53 Å². The van der Waals surface area contributed by atoms with Gasteiger partial charge in [-0.2, -0.15) is 5.10 Å². The van der Waals surface area contributed by atoms with E-state index in [0.717, 1.165) is 36.8 Å². The van der Waals surface area contributed by atoms with Crippen LogP contribution in [0.5, 0.6) is 0 Å². The first-order valence-corrected chi connectivity index (χ1v) is 7.10. The largest absolute Gasteiger partial charge is 0.381 e. The molecule has 5 nitrogen and oxygen atoms in total. The van der Waals surface area contributed by atoms with E-state index in [2.05, 4.69) is 22.4 Å². The number of ether oxygens (including phenoxy) is 1. The van der Waals surface area contributed by atoms with Crippen LogP contribution >= 0.6 is 0 Å². The normalized spacial score (nSPS) is 10.8. The molecule has 0 unspecified atom stereocenters. The van der Waals surface area contributed by atoms with E-state index in [4.69, 9.17) is 4.74 Å². The molecule has 0 aliphatic heterocycles. The van der Waals surface area contributed by atoms with Gasteiger partial charge < -0.3 is 10.1 Å². The Labute approximate surface area is 118 Å². The number of carbonyl (C=O) groups is 1. The van der Waals surface area contributed by atoms with Gasteiger partial charge >= 0.3 is 0 Å². The zero-order chi connectivity index (χ0) is 14.2. The third-order valence-corrected chi connectivity index (χ3v) is 3.10. The fraction of sp³-hybridized carbons (Fsp3) is 0.467. The average Bonchev–Trinajstić information content (AvgIpc) is 2.93. The van der Waals surface area contributed by atoms with Gasteiger partial charge in [-0.1, -0.05) is 19.4 Å². The topological polar surface area (TPSA) is 67.0 Å². The lowest BCUT2D eigenvalue weighted by atomic mass is 10.1. The van der Waals surface area contributed by atoms with Gasteiger partial charge in [0.05, 0.1) is 11.7 Å². The Morgan fingerprint density at radius 3 is 3.05 bits per heavy atom. The maximum absolute atomic E-state index is 12.0. The fourth-order valence-corrected chi connectivity index (χ4v) is 1.90. The first-order valence-electron chi connectivity index (χ1n) is 7.10. The number of aromatic amines is 1. The van der Waals surface area contributed by atoms with E-state index in [-0.39, 0.29) is 5.91 Å². The van der Waals surface area contributed by atoms with Gasteiger partial charge in [0.2, 0.25) is 0 Å². The van der Waals surface area contributed by atoms with Crippen molar-refractivity contribution in [1.29, 1.82) is 0 Å². The molecule has 0 saturated heterocycles. The second kappa shape index (κ2) is 7.65. The van der Waals surface area contributed by atoms with Crippen molar-refractivity contribution in [3.05, 3.63) is 30.0 Å². The van der Waals surface area contributed by atoms with Gasteiger partial charge in [0.1, 0.15) is 0 Å². The van der Waals surface area contributed by atoms with Crippen molar-refractivity contribution in [3.8, 4) is 0 Å². The van der Waals surface area contributed by atoms with E-state index in [1.165, 1.54) is 0 Å². The summed E-state index contributed by atoms with van der Waals surface area (Å²) in [5, 5.41) is 10.7. The first-order chi connectivity index (χ1) is 9.81. The van der Waals surface area contributed by atoms with Gasteiger partial charge in [0.15, 0.2) is 0 Å². The summed E-state index contributed by atoms with van der Waals surface area (Å²) in [6.07, 6.45) is 4.82. The van der Waals surface area contributed by atoms with E-state index in [1.54, 1.807) is 6.20 Å². The number of aromatic nitrogens is 2. The quantitative estimate of drug-likeness (QED) is 0.727. The Morgan fingerprint density at radius 1 is 1.35 bits per heavy atom. The number of amides is 1. The van der Waals surface area contributed by atoms with E-state index in [1.807, 2.05) is 18.2 Å². The van der Waals surface area contributed by atoms with Crippen LogP contribution in [0.4, 0.5) is 0 Å². The van der Waals surface area contributed by atoms with Gasteiger partial charge in [0.25, 0.3) is 5.91 Å². The van der Waals surface area contributed by atoms with Crippen LogP contribution in [0.15, 0.2) is 24.4 Å². The lowest BCUT2D eigenvalue weighted by Crippen LogP contribution is -2.25. The van der Waals surface area contributed by atoms with Crippen LogP contribution in [0.2, 0.25) is 0 Å². The molecule has 108 valence electrons. The summed E-state index contributed by atoms with van der Waals surface area (Å²) in [7, 11) is 0. The predicted molar refractivity (Wildman–Crippen MR) is 78.8 cm³/mol. The van der Waals surface area contributed by atoms with Gasteiger partial charge in [-0.25, -0.2) is 0 Å². The van der Waals surface area contributed by atoms with Crippen molar-refractivity contribution in [2.24, 2.45) is 0 Å². The van der Waals surface area contributed by atoms with Crippen LogP contribution < -0.4 is 5.32 Å². The second-order valence-corrected chi connectivity index (χ2v) is 4.75. The highest BCUT2D eigenvalue weighted by atomic mass is 16.5. The zero-order valence-corrected chi connectivity index (χ0v) is 11.8. The molecule has 2 aromatic rings. The molecule has 0 aliphatic carbocycles. The molecule has 1 heterocycles. The molecule has 5 heteroatoms. The van der Waals surface area contributed by atoms with Gasteiger partial charge in [-0.15, -0.1) is 0 Å². The van der Waals surface area contributed by atoms with Crippen molar-refractivity contribution >= 4 is 16.8 Å². The summed E-state index contributed by atoms with van der Waals surface area (Å²) < 4.78 is 5.44. The molecule has 0 fully saturated rings. The number of nitrogens with one attached hydrogen (secondary N) is 2. The third kappa shape index (κ3) is 4.06. The van der Waals surface area contributed by atoms with Crippen molar-refractivity contribution in [3.63, 3.8) is 0 Å². The maximum Gasteiger partial charge on any atom is 0.251 e. The number of H-pyrrole nitrogens is 1. The highest BCUT2D eigenvalue weighted by molar-refractivity contribution is 5.97. The minimum Gasteiger partial charge on any atom is -0.381 e. The Kier molecular flexibility index (Phi) is 5.55. The van der Waals surface area contributed by atoms with E-state index in [0.29, 0.717) is 18.7 Å².